The summed E-state index contributed by atoms with van der Waals surface area (Å²) < 4.78 is 0. The van der Waals surface area contributed by atoms with Crippen LogP contribution in [0.1, 0.15) is 88.3 Å². The number of carbonyl (C=O) groups is 6. The van der Waals surface area contributed by atoms with Crippen LogP contribution in [0.3, 0.4) is 0 Å². The summed E-state index contributed by atoms with van der Waals surface area (Å²) in [7, 11) is 1.40. The van der Waals surface area contributed by atoms with Crippen molar-refractivity contribution in [1.82, 2.24) is 20.4 Å². The second-order valence-electron chi connectivity index (χ2n) is 8.62. The Balaban J connectivity index is 1.18. The molecule has 10 nitrogen and oxygen atoms in total. The summed E-state index contributed by atoms with van der Waals surface area (Å²) in [6.45, 7) is 2.84. The van der Waals surface area contributed by atoms with E-state index in [1.807, 2.05) is 0 Å². The first-order valence-corrected chi connectivity index (χ1v) is 11.8. The van der Waals surface area contributed by atoms with E-state index in [4.69, 9.17) is 0 Å². The minimum Gasteiger partial charge on any atom is -0.352 e. The summed E-state index contributed by atoms with van der Waals surface area (Å²) in [5.74, 6) is -2.18. The average Bonchev–Trinajstić information content (AvgIpc) is 3.26. The Hall–Kier alpha value is -4.34. The number of hydrogen-bond acceptors (Lipinski definition) is 6. The number of fused-ring (bicyclic) bond motifs is 2. The van der Waals surface area contributed by atoms with Crippen molar-refractivity contribution >= 4 is 35.4 Å². The van der Waals surface area contributed by atoms with Crippen LogP contribution < -0.4 is 10.6 Å². The molecular formula is C26H26N4O6. The van der Waals surface area contributed by atoms with Gasteiger partial charge in [0, 0.05) is 37.8 Å². The number of amides is 6. The van der Waals surface area contributed by atoms with Gasteiger partial charge in [-0.3, -0.25) is 38.6 Å². The zero-order valence-electron chi connectivity index (χ0n) is 20.1. The molecule has 2 aliphatic rings. The maximum Gasteiger partial charge on any atom is 0.261 e. The van der Waals surface area contributed by atoms with Crippen LogP contribution in [0.2, 0.25) is 0 Å². The zero-order chi connectivity index (χ0) is 26.0. The molecule has 4 rings (SSSR count). The van der Waals surface area contributed by atoms with Crippen molar-refractivity contribution in [2.24, 2.45) is 0 Å². The molecule has 186 valence electrons. The molecule has 2 aliphatic heterocycles. The predicted molar refractivity (Wildman–Crippen MR) is 129 cm³/mol. The zero-order valence-corrected chi connectivity index (χ0v) is 20.1. The Morgan fingerprint density at radius 3 is 1.64 bits per heavy atom. The van der Waals surface area contributed by atoms with E-state index in [1.54, 1.807) is 6.92 Å². The monoisotopic (exact) mass is 490 g/mol. The molecule has 10 heteroatoms. The molecule has 2 aromatic rings. The van der Waals surface area contributed by atoms with E-state index < -0.39 is 5.91 Å². The molecule has 0 bridgehead atoms. The van der Waals surface area contributed by atoms with E-state index in [1.165, 1.54) is 43.4 Å². The van der Waals surface area contributed by atoms with E-state index in [-0.39, 0.29) is 47.2 Å². The van der Waals surface area contributed by atoms with Crippen LogP contribution in [0.5, 0.6) is 0 Å². The number of unbranched alkanes of at least 4 members (excludes halogenated alkanes) is 2. The summed E-state index contributed by atoms with van der Waals surface area (Å²) in [4.78, 5) is 75.5. The quantitative estimate of drug-likeness (QED) is 0.407. The van der Waals surface area contributed by atoms with Crippen LogP contribution >= 0.6 is 0 Å². The highest BCUT2D eigenvalue weighted by Crippen LogP contribution is 2.24. The summed E-state index contributed by atoms with van der Waals surface area (Å²) in [5.41, 5.74) is 1.72. The van der Waals surface area contributed by atoms with E-state index in [0.717, 1.165) is 16.2 Å². The molecule has 0 aliphatic carbocycles. The van der Waals surface area contributed by atoms with E-state index in [0.29, 0.717) is 48.2 Å². The van der Waals surface area contributed by atoms with Gasteiger partial charge in [0.15, 0.2) is 0 Å². The highest BCUT2D eigenvalue weighted by Gasteiger charge is 2.35. The number of rotatable bonds is 9. The first-order valence-electron chi connectivity index (χ1n) is 11.8. The van der Waals surface area contributed by atoms with Gasteiger partial charge in [0.1, 0.15) is 0 Å². The Morgan fingerprint density at radius 2 is 1.11 bits per heavy atom. The van der Waals surface area contributed by atoms with Crippen molar-refractivity contribution in [3.63, 3.8) is 0 Å². The highest BCUT2D eigenvalue weighted by atomic mass is 16.2. The molecule has 0 spiro atoms. The molecule has 2 heterocycles. The number of imide groups is 2. The van der Waals surface area contributed by atoms with Gasteiger partial charge in [-0.05, 0) is 62.6 Å². The number of nitrogens with zero attached hydrogens (tertiary/aromatic N) is 2. The molecule has 0 unspecified atom stereocenters. The van der Waals surface area contributed by atoms with Gasteiger partial charge in [-0.1, -0.05) is 0 Å². The Kier molecular flexibility index (Phi) is 6.96. The second kappa shape index (κ2) is 10.1. The number of nitrogens with one attached hydrogen (secondary N) is 2. The van der Waals surface area contributed by atoms with E-state index in [2.05, 4.69) is 10.6 Å². The lowest BCUT2D eigenvalue weighted by Crippen LogP contribution is -2.29. The van der Waals surface area contributed by atoms with Crippen molar-refractivity contribution < 1.29 is 28.8 Å². The summed E-state index contributed by atoms with van der Waals surface area (Å²) >= 11 is 0. The minimum atomic E-state index is -0.422. The fourth-order valence-corrected chi connectivity index (χ4v) is 4.26. The molecule has 0 aromatic heterocycles. The fourth-order valence-electron chi connectivity index (χ4n) is 4.26. The number of carbonyl (C=O) groups excluding carboxylic acids is 6. The SMILES string of the molecule is CCN1C(=O)c2ccc(C(=O)NCCCCCNC(=O)c3ccc4c(c3)C(=O)N(C)C4=O)cc2C1=O. The van der Waals surface area contributed by atoms with Crippen molar-refractivity contribution in [1.29, 1.82) is 0 Å². The Labute approximate surface area is 207 Å². The standard InChI is InChI=1S/C26H26N4O6/c1-3-30-25(35)18-10-8-16(14-20(18)26(30)36)22(32)28-12-6-4-5-11-27-21(31)15-7-9-17-19(13-15)24(34)29(2)23(17)33/h7-10,13-14H,3-6,11-12H2,1-2H3,(H,27,31)(H,28,32). The van der Waals surface area contributed by atoms with Crippen LogP contribution in [-0.4, -0.2) is 71.9 Å². The van der Waals surface area contributed by atoms with Gasteiger partial charge >= 0.3 is 0 Å². The van der Waals surface area contributed by atoms with Crippen molar-refractivity contribution in [2.45, 2.75) is 26.2 Å². The van der Waals surface area contributed by atoms with Gasteiger partial charge in [-0.15, -0.1) is 0 Å². The van der Waals surface area contributed by atoms with Gasteiger partial charge in [-0.25, -0.2) is 0 Å². The smallest absolute Gasteiger partial charge is 0.261 e. The van der Waals surface area contributed by atoms with Crippen LogP contribution in [0.15, 0.2) is 36.4 Å². The van der Waals surface area contributed by atoms with Gasteiger partial charge in [0.05, 0.1) is 22.3 Å². The molecule has 0 fully saturated rings. The van der Waals surface area contributed by atoms with Crippen LogP contribution in [0, 0.1) is 0 Å². The third kappa shape index (κ3) is 4.49. The Morgan fingerprint density at radius 1 is 0.667 bits per heavy atom. The van der Waals surface area contributed by atoms with E-state index >= 15 is 0 Å². The van der Waals surface area contributed by atoms with Crippen molar-refractivity contribution in [3.05, 3.63) is 69.8 Å². The van der Waals surface area contributed by atoms with Crippen LogP contribution in [0.25, 0.3) is 0 Å². The Bertz CT molecular complexity index is 1300. The highest BCUT2D eigenvalue weighted by molar-refractivity contribution is 6.22. The van der Waals surface area contributed by atoms with Crippen molar-refractivity contribution in [2.75, 3.05) is 26.7 Å². The third-order valence-electron chi connectivity index (χ3n) is 6.33. The molecule has 6 amide bonds. The molecule has 2 aromatic carbocycles. The minimum absolute atomic E-state index is 0.230. The maximum atomic E-state index is 12.4. The lowest BCUT2D eigenvalue weighted by Gasteiger charge is -2.08. The molecule has 0 atom stereocenters. The first kappa shape index (κ1) is 24.8. The summed E-state index contributed by atoms with van der Waals surface area (Å²) in [6, 6.07) is 8.95. The van der Waals surface area contributed by atoms with Gasteiger partial charge < -0.3 is 10.6 Å². The van der Waals surface area contributed by atoms with E-state index in [9.17, 15) is 28.8 Å². The van der Waals surface area contributed by atoms with Crippen molar-refractivity contribution in [3.8, 4) is 0 Å². The normalized spacial score (nSPS) is 14.3. The number of benzene rings is 2. The van der Waals surface area contributed by atoms with Gasteiger partial charge in [0.25, 0.3) is 35.4 Å². The second-order valence-corrected chi connectivity index (χ2v) is 8.62. The maximum absolute atomic E-state index is 12.4. The molecule has 0 radical (unpaired) electrons. The van der Waals surface area contributed by atoms with Crippen LogP contribution in [-0.2, 0) is 0 Å². The van der Waals surface area contributed by atoms with Crippen LogP contribution in [0.4, 0.5) is 0 Å². The molecule has 36 heavy (non-hydrogen) atoms. The number of hydrogen-bond donors (Lipinski definition) is 2. The average molecular weight is 491 g/mol. The van der Waals surface area contributed by atoms with Gasteiger partial charge in [-0.2, -0.15) is 0 Å². The fraction of sp³-hybridized carbons (Fsp3) is 0.308. The predicted octanol–water partition coefficient (Wildman–Crippen LogP) is 1.86. The van der Waals surface area contributed by atoms with Gasteiger partial charge in [0.2, 0.25) is 0 Å². The summed E-state index contributed by atoms with van der Waals surface area (Å²) in [6.07, 6.45) is 2.13. The lowest BCUT2D eigenvalue weighted by molar-refractivity contribution is 0.0656. The third-order valence-corrected chi connectivity index (χ3v) is 6.33. The largest absolute Gasteiger partial charge is 0.352 e. The molecular weight excluding hydrogens is 464 g/mol. The molecule has 0 saturated heterocycles. The molecule has 2 N–H and O–H groups in total. The lowest BCUT2D eigenvalue weighted by atomic mass is 10.1. The first-order chi connectivity index (χ1) is 17.2. The summed E-state index contributed by atoms with van der Waals surface area (Å²) in [5, 5.41) is 5.60. The molecule has 0 saturated carbocycles. The topological polar surface area (TPSA) is 133 Å².